The van der Waals surface area contributed by atoms with E-state index in [0.29, 0.717) is 5.82 Å². The molecule has 0 amide bonds. The summed E-state index contributed by atoms with van der Waals surface area (Å²) < 4.78 is 5.01. The Balaban J connectivity index is 2.59. The maximum Gasteiger partial charge on any atom is 0.175 e. The highest BCUT2D eigenvalue weighted by Gasteiger charge is 2.11. The Kier molecular flexibility index (Phi) is 2.00. The highest BCUT2D eigenvalue weighted by atomic mass is 16.5. The molecule has 0 unspecified atom stereocenters. The molecule has 0 fully saturated rings. The first-order valence-electron chi connectivity index (χ1n) is 4.47. The van der Waals surface area contributed by atoms with Crippen LogP contribution >= 0.6 is 0 Å². The van der Waals surface area contributed by atoms with Crippen LogP contribution in [0.4, 0.5) is 5.82 Å². The number of nitrogens with two attached hydrogens (primary N) is 1. The lowest BCUT2D eigenvalue weighted by Crippen LogP contribution is -1.88. The van der Waals surface area contributed by atoms with Crippen LogP contribution in [-0.2, 0) is 0 Å². The normalized spacial score (nSPS) is 10.4. The molecule has 72 valence electrons. The highest BCUT2D eigenvalue weighted by molar-refractivity contribution is 5.75. The molecule has 0 bridgehead atoms. The third-order valence-corrected chi connectivity index (χ3v) is 2.20. The minimum atomic E-state index is 0.452. The summed E-state index contributed by atoms with van der Waals surface area (Å²) in [6.07, 6.45) is 0. The van der Waals surface area contributed by atoms with Gasteiger partial charge >= 0.3 is 0 Å². The molecule has 3 nitrogen and oxygen atoms in total. The lowest BCUT2D eigenvalue weighted by atomic mass is 10.0. The molecule has 14 heavy (non-hydrogen) atoms. The first-order chi connectivity index (χ1) is 6.68. The first-order valence-corrected chi connectivity index (χ1v) is 4.47. The highest BCUT2D eigenvalue weighted by Crippen LogP contribution is 2.29. The smallest absolute Gasteiger partial charge is 0.175 e. The van der Waals surface area contributed by atoms with Gasteiger partial charge in [0.05, 0.1) is 5.56 Å². The Bertz CT molecular complexity index is 441. The third kappa shape index (κ3) is 1.37. The second-order valence-corrected chi connectivity index (χ2v) is 3.37. The predicted molar refractivity (Wildman–Crippen MR) is 55.8 cm³/mol. The minimum Gasteiger partial charge on any atom is -0.380 e. The van der Waals surface area contributed by atoms with Crippen molar-refractivity contribution < 1.29 is 4.52 Å². The van der Waals surface area contributed by atoms with Crippen molar-refractivity contribution in [2.75, 3.05) is 5.73 Å². The average Bonchev–Trinajstić information content (AvgIpc) is 2.46. The van der Waals surface area contributed by atoms with Crippen molar-refractivity contribution in [3.05, 3.63) is 35.6 Å². The molecule has 0 spiro atoms. The summed E-state index contributed by atoms with van der Waals surface area (Å²) in [4.78, 5) is 0. The second kappa shape index (κ2) is 3.18. The van der Waals surface area contributed by atoms with Crippen LogP contribution < -0.4 is 5.73 Å². The van der Waals surface area contributed by atoms with Gasteiger partial charge in [0.1, 0.15) is 5.76 Å². The SMILES string of the molecule is Cc1cccc(-c2c(N)noc2C)c1. The minimum absolute atomic E-state index is 0.452. The molecular formula is C11H12N2O. The lowest BCUT2D eigenvalue weighted by molar-refractivity contribution is 0.401. The van der Waals surface area contributed by atoms with E-state index in [-0.39, 0.29) is 0 Å². The molecule has 3 heteroatoms. The van der Waals surface area contributed by atoms with Crippen molar-refractivity contribution in [3.8, 4) is 11.1 Å². The van der Waals surface area contributed by atoms with Crippen LogP contribution in [0.5, 0.6) is 0 Å². The molecular weight excluding hydrogens is 176 g/mol. The number of nitrogen functional groups attached to an aromatic ring is 1. The number of aryl methyl sites for hydroxylation is 2. The van der Waals surface area contributed by atoms with Gasteiger partial charge in [0.25, 0.3) is 0 Å². The molecule has 0 saturated carbocycles. The summed E-state index contributed by atoms with van der Waals surface area (Å²) in [5, 5.41) is 3.72. The van der Waals surface area contributed by atoms with Crippen LogP contribution in [0.15, 0.2) is 28.8 Å². The van der Waals surface area contributed by atoms with E-state index in [9.17, 15) is 0 Å². The summed E-state index contributed by atoms with van der Waals surface area (Å²) in [6, 6.07) is 8.11. The molecule has 2 aromatic rings. The van der Waals surface area contributed by atoms with Gasteiger partial charge in [-0.1, -0.05) is 35.0 Å². The summed E-state index contributed by atoms with van der Waals surface area (Å²) in [7, 11) is 0. The van der Waals surface area contributed by atoms with Gasteiger partial charge in [-0.25, -0.2) is 0 Å². The van der Waals surface area contributed by atoms with Crippen molar-refractivity contribution in [2.24, 2.45) is 0 Å². The van der Waals surface area contributed by atoms with E-state index in [1.54, 1.807) is 0 Å². The van der Waals surface area contributed by atoms with Crippen molar-refractivity contribution >= 4 is 5.82 Å². The van der Waals surface area contributed by atoms with Gasteiger partial charge in [-0.15, -0.1) is 0 Å². The summed E-state index contributed by atoms with van der Waals surface area (Å²) in [6.45, 7) is 3.91. The monoisotopic (exact) mass is 188 g/mol. The van der Waals surface area contributed by atoms with Gasteiger partial charge in [0, 0.05) is 0 Å². The fraction of sp³-hybridized carbons (Fsp3) is 0.182. The molecule has 2 rings (SSSR count). The van der Waals surface area contributed by atoms with Gasteiger partial charge in [0.2, 0.25) is 0 Å². The van der Waals surface area contributed by atoms with Gasteiger partial charge in [0.15, 0.2) is 5.82 Å². The van der Waals surface area contributed by atoms with Crippen LogP contribution in [0.3, 0.4) is 0 Å². The molecule has 1 heterocycles. The van der Waals surface area contributed by atoms with Crippen molar-refractivity contribution in [1.82, 2.24) is 5.16 Å². The maximum atomic E-state index is 5.72. The van der Waals surface area contributed by atoms with E-state index < -0.39 is 0 Å². The van der Waals surface area contributed by atoms with Gasteiger partial charge in [-0.2, -0.15) is 0 Å². The van der Waals surface area contributed by atoms with Crippen molar-refractivity contribution in [2.45, 2.75) is 13.8 Å². The van der Waals surface area contributed by atoms with Crippen molar-refractivity contribution in [1.29, 1.82) is 0 Å². The van der Waals surface area contributed by atoms with E-state index in [1.807, 2.05) is 32.0 Å². The standard InChI is InChI=1S/C11H12N2O/c1-7-4-3-5-9(6-7)10-8(2)14-13-11(10)12/h3-6H,1-2H3,(H2,12,13). The Morgan fingerprint density at radius 2 is 2.07 bits per heavy atom. The third-order valence-electron chi connectivity index (χ3n) is 2.20. The van der Waals surface area contributed by atoms with Crippen LogP contribution in [0, 0.1) is 13.8 Å². The quantitative estimate of drug-likeness (QED) is 0.748. The lowest BCUT2D eigenvalue weighted by Gasteiger charge is -2.00. The number of aromatic nitrogens is 1. The fourth-order valence-corrected chi connectivity index (χ4v) is 1.54. The predicted octanol–water partition coefficient (Wildman–Crippen LogP) is 2.54. The topological polar surface area (TPSA) is 52.0 Å². The first kappa shape index (κ1) is 8.81. The number of hydrogen-bond acceptors (Lipinski definition) is 3. The molecule has 1 aromatic carbocycles. The van der Waals surface area contributed by atoms with E-state index >= 15 is 0 Å². The second-order valence-electron chi connectivity index (χ2n) is 3.37. The number of nitrogens with zero attached hydrogens (tertiary/aromatic N) is 1. The number of hydrogen-bond donors (Lipinski definition) is 1. The zero-order valence-electron chi connectivity index (χ0n) is 8.24. The molecule has 0 saturated heterocycles. The molecule has 0 aliphatic rings. The molecule has 0 aliphatic carbocycles. The van der Waals surface area contributed by atoms with E-state index in [4.69, 9.17) is 10.3 Å². The Morgan fingerprint density at radius 1 is 1.29 bits per heavy atom. The van der Waals surface area contributed by atoms with Gasteiger partial charge in [-0.3, -0.25) is 0 Å². The Hall–Kier alpha value is -1.77. The van der Waals surface area contributed by atoms with Crippen LogP contribution in [0.25, 0.3) is 11.1 Å². The van der Waals surface area contributed by atoms with Crippen LogP contribution in [0.1, 0.15) is 11.3 Å². The fourth-order valence-electron chi connectivity index (χ4n) is 1.54. The summed E-state index contributed by atoms with van der Waals surface area (Å²) in [5.74, 6) is 1.21. The molecule has 1 aromatic heterocycles. The Morgan fingerprint density at radius 3 is 2.64 bits per heavy atom. The van der Waals surface area contributed by atoms with E-state index in [0.717, 1.165) is 16.9 Å². The molecule has 0 aliphatic heterocycles. The number of rotatable bonds is 1. The maximum absolute atomic E-state index is 5.72. The van der Waals surface area contributed by atoms with Crippen molar-refractivity contribution in [3.63, 3.8) is 0 Å². The van der Waals surface area contributed by atoms with Crippen LogP contribution in [0.2, 0.25) is 0 Å². The number of anilines is 1. The number of benzene rings is 1. The molecule has 0 atom stereocenters. The largest absolute Gasteiger partial charge is 0.380 e. The van der Waals surface area contributed by atoms with Crippen LogP contribution in [-0.4, -0.2) is 5.16 Å². The molecule has 0 radical (unpaired) electrons. The molecule has 2 N–H and O–H groups in total. The Labute approximate surface area is 82.5 Å². The zero-order chi connectivity index (χ0) is 10.1. The van der Waals surface area contributed by atoms with Gasteiger partial charge in [-0.05, 0) is 19.4 Å². The van der Waals surface area contributed by atoms with Gasteiger partial charge < -0.3 is 10.3 Å². The summed E-state index contributed by atoms with van der Waals surface area (Å²) in [5.41, 5.74) is 8.87. The van der Waals surface area contributed by atoms with E-state index in [1.165, 1.54) is 5.56 Å². The average molecular weight is 188 g/mol. The van der Waals surface area contributed by atoms with E-state index in [2.05, 4.69) is 11.2 Å². The zero-order valence-corrected chi connectivity index (χ0v) is 8.24. The summed E-state index contributed by atoms with van der Waals surface area (Å²) >= 11 is 0.